The van der Waals surface area contributed by atoms with E-state index in [0.717, 1.165) is 35.3 Å². The predicted molar refractivity (Wildman–Crippen MR) is 75.0 cm³/mol. The van der Waals surface area contributed by atoms with E-state index in [1.807, 2.05) is 18.2 Å². The smallest absolute Gasteiger partial charge is 0.119 e. The molecule has 1 aliphatic heterocycles. The molecule has 1 N–H and O–H groups in total. The van der Waals surface area contributed by atoms with Gasteiger partial charge in [-0.3, -0.25) is 0 Å². The maximum Gasteiger partial charge on any atom is 0.119 e. The number of ether oxygens (including phenoxy) is 1. The van der Waals surface area contributed by atoms with E-state index >= 15 is 0 Å². The molecular formula is C14H19BrFNO. The van der Waals surface area contributed by atoms with Crippen LogP contribution in [0, 0.1) is 0 Å². The van der Waals surface area contributed by atoms with Gasteiger partial charge in [-0.15, -0.1) is 0 Å². The Kier molecular flexibility index (Phi) is 4.62. The molecule has 1 aromatic rings. The van der Waals surface area contributed by atoms with Crippen LogP contribution in [-0.2, 0) is 6.42 Å². The van der Waals surface area contributed by atoms with Gasteiger partial charge in [-0.1, -0.05) is 15.9 Å². The molecule has 0 bridgehead atoms. The van der Waals surface area contributed by atoms with Crippen molar-refractivity contribution in [1.82, 2.24) is 5.32 Å². The molecule has 1 unspecified atom stereocenters. The number of methoxy groups -OCH3 is 1. The van der Waals surface area contributed by atoms with Crippen LogP contribution in [-0.4, -0.2) is 25.9 Å². The third kappa shape index (κ3) is 3.45. The lowest BCUT2D eigenvalue weighted by Crippen LogP contribution is -2.27. The molecule has 1 aliphatic rings. The molecule has 0 saturated carbocycles. The fourth-order valence-electron chi connectivity index (χ4n) is 2.42. The monoisotopic (exact) mass is 315 g/mol. The van der Waals surface area contributed by atoms with Crippen molar-refractivity contribution in [3.05, 3.63) is 28.2 Å². The van der Waals surface area contributed by atoms with E-state index in [4.69, 9.17) is 4.74 Å². The quantitative estimate of drug-likeness (QED) is 0.922. The Hall–Kier alpha value is -0.610. The second kappa shape index (κ2) is 6.02. The molecule has 1 atom stereocenters. The van der Waals surface area contributed by atoms with Crippen LogP contribution in [0.3, 0.4) is 0 Å². The minimum absolute atomic E-state index is 0.451. The highest BCUT2D eigenvalue weighted by Gasteiger charge is 2.31. The van der Waals surface area contributed by atoms with Crippen molar-refractivity contribution in [3.8, 4) is 5.75 Å². The van der Waals surface area contributed by atoms with E-state index in [-0.39, 0.29) is 0 Å². The first-order valence-electron chi connectivity index (χ1n) is 6.35. The fourth-order valence-corrected chi connectivity index (χ4v) is 2.81. The third-order valence-corrected chi connectivity index (χ3v) is 4.26. The molecule has 0 radical (unpaired) electrons. The Morgan fingerprint density at radius 1 is 1.39 bits per heavy atom. The lowest BCUT2D eigenvalue weighted by atomic mass is 9.89. The highest BCUT2D eigenvalue weighted by molar-refractivity contribution is 9.10. The second-order valence-corrected chi connectivity index (χ2v) is 5.74. The average Bonchev–Trinajstić information content (AvgIpc) is 2.57. The molecular weight excluding hydrogens is 297 g/mol. The predicted octanol–water partition coefficient (Wildman–Crippen LogP) is 3.48. The summed E-state index contributed by atoms with van der Waals surface area (Å²) in [5, 5.41) is 3.25. The molecule has 0 spiro atoms. The SMILES string of the molecule is COc1ccc(Br)c(CC2(F)CCCNCC2)c1. The first-order chi connectivity index (χ1) is 8.63. The van der Waals surface area contributed by atoms with Crippen LogP contribution in [0.25, 0.3) is 0 Å². The van der Waals surface area contributed by atoms with Crippen LogP contribution in [0.5, 0.6) is 5.75 Å². The van der Waals surface area contributed by atoms with Gasteiger partial charge in [-0.05, 0) is 56.1 Å². The summed E-state index contributed by atoms with van der Waals surface area (Å²) in [6, 6.07) is 5.73. The van der Waals surface area contributed by atoms with Crippen LogP contribution in [0.2, 0.25) is 0 Å². The highest BCUT2D eigenvalue weighted by atomic mass is 79.9. The Morgan fingerprint density at radius 3 is 3.00 bits per heavy atom. The number of halogens is 2. The lowest BCUT2D eigenvalue weighted by molar-refractivity contribution is 0.144. The summed E-state index contributed by atoms with van der Waals surface area (Å²) in [6.07, 6.45) is 2.56. The zero-order valence-corrected chi connectivity index (χ0v) is 12.2. The van der Waals surface area contributed by atoms with Gasteiger partial charge >= 0.3 is 0 Å². The Labute approximate surface area is 116 Å². The summed E-state index contributed by atoms with van der Waals surface area (Å²) >= 11 is 3.49. The zero-order chi connectivity index (χ0) is 13.0. The molecule has 1 saturated heterocycles. The number of alkyl halides is 1. The number of hydrogen-bond acceptors (Lipinski definition) is 2. The van der Waals surface area contributed by atoms with Crippen molar-refractivity contribution >= 4 is 15.9 Å². The number of nitrogens with one attached hydrogen (secondary N) is 1. The lowest BCUT2D eigenvalue weighted by Gasteiger charge is -2.24. The topological polar surface area (TPSA) is 21.3 Å². The largest absolute Gasteiger partial charge is 0.497 e. The van der Waals surface area contributed by atoms with Gasteiger partial charge in [-0.25, -0.2) is 4.39 Å². The summed E-state index contributed by atoms with van der Waals surface area (Å²) in [5.74, 6) is 0.781. The summed E-state index contributed by atoms with van der Waals surface area (Å²) < 4.78 is 21.0. The molecule has 100 valence electrons. The molecule has 0 aliphatic carbocycles. The van der Waals surface area contributed by atoms with Crippen LogP contribution < -0.4 is 10.1 Å². The van der Waals surface area contributed by atoms with Gasteiger partial charge < -0.3 is 10.1 Å². The van der Waals surface area contributed by atoms with Crippen molar-refractivity contribution in [3.63, 3.8) is 0 Å². The van der Waals surface area contributed by atoms with E-state index in [2.05, 4.69) is 21.2 Å². The van der Waals surface area contributed by atoms with Crippen molar-refractivity contribution in [2.75, 3.05) is 20.2 Å². The van der Waals surface area contributed by atoms with Crippen LogP contribution in [0.1, 0.15) is 24.8 Å². The van der Waals surface area contributed by atoms with Crippen LogP contribution in [0.4, 0.5) is 4.39 Å². The van der Waals surface area contributed by atoms with Gasteiger partial charge in [0.25, 0.3) is 0 Å². The van der Waals surface area contributed by atoms with Crippen molar-refractivity contribution in [2.45, 2.75) is 31.4 Å². The van der Waals surface area contributed by atoms with Gasteiger partial charge in [-0.2, -0.15) is 0 Å². The zero-order valence-electron chi connectivity index (χ0n) is 10.6. The first kappa shape index (κ1) is 13.8. The van der Waals surface area contributed by atoms with Crippen LogP contribution in [0.15, 0.2) is 22.7 Å². The summed E-state index contributed by atoms with van der Waals surface area (Å²) in [5.41, 5.74) is -0.114. The minimum atomic E-state index is -1.10. The van der Waals surface area contributed by atoms with Gasteiger partial charge in [0.1, 0.15) is 11.4 Å². The average molecular weight is 316 g/mol. The van der Waals surface area contributed by atoms with Crippen molar-refractivity contribution in [1.29, 1.82) is 0 Å². The van der Waals surface area contributed by atoms with Crippen molar-refractivity contribution in [2.24, 2.45) is 0 Å². The molecule has 1 aromatic carbocycles. The second-order valence-electron chi connectivity index (χ2n) is 4.89. The summed E-state index contributed by atoms with van der Waals surface area (Å²) in [6.45, 7) is 1.68. The Morgan fingerprint density at radius 2 is 2.22 bits per heavy atom. The summed E-state index contributed by atoms with van der Waals surface area (Å²) in [4.78, 5) is 0. The van der Waals surface area contributed by atoms with Gasteiger partial charge in [0.15, 0.2) is 0 Å². The maximum atomic E-state index is 14.8. The van der Waals surface area contributed by atoms with Crippen molar-refractivity contribution < 1.29 is 9.13 Å². The normalized spacial score (nSPS) is 24.6. The minimum Gasteiger partial charge on any atom is -0.497 e. The fraction of sp³-hybridized carbons (Fsp3) is 0.571. The number of rotatable bonds is 3. The number of hydrogen-bond donors (Lipinski definition) is 1. The molecule has 1 heterocycles. The van der Waals surface area contributed by atoms with E-state index in [1.54, 1.807) is 7.11 Å². The van der Waals surface area contributed by atoms with E-state index in [9.17, 15) is 4.39 Å². The third-order valence-electron chi connectivity index (χ3n) is 3.49. The molecule has 1 fully saturated rings. The molecule has 2 rings (SSSR count). The Bertz CT molecular complexity index is 403. The van der Waals surface area contributed by atoms with E-state index < -0.39 is 5.67 Å². The first-order valence-corrected chi connectivity index (χ1v) is 7.14. The van der Waals surface area contributed by atoms with Gasteiger partial charge in [0, 0.05) is 10.9 Å². The van der Waals surface area contributed by atoms with Crippen LogP contribution >= 0.6 is 15.9 Å². The summed E-state index contributed by atoms with van der Waals surface area (Å²) in [7, 11) is 1.63. The molecule has 0 amide bonds. The standard InChI is InChI=1S/C14H19BrFNO/c1-18-12-3-4-13(15)11(9-12)10-14(16)5-2-7-17-8-6-14/h3-4,9,17H,2,5-8,10H2,1H3. The van der Waals surface area contributed by atoms with Gasteiger partial charge in [0.05, 0.1) is 7.11 Å². The Balaban J connectivity index is 2.16. The number of benzene rings is 1. The maximum absolute atomic E-state index is 14.8. The highest BCUT2D eigenvalue weighted by Crippen LogP contribution is 2.33. The van der Waals surface area contributed by atoms with E-state index in [0.29, 0.717) is 19.3 Å². The molecule has 2 nitrogen and oxygen atoms in total. The molecule has 18 heavy (non-hydrogen) atoms. The van der Waals surface area contributed by atoms with E-state index in [1.165, 1.54) is 0 Å². The van der Waals surface area contributed by atoms with Gasteiger partial charge in [0.2, 0.25) is 0 Å². The molecule has 0 aromatic heterocycles. The molecule has 4 heteroatoms.